The van der Waals surface area contributed by atoms with Crippen LogP contribution in [0.3, 0.4) is 0 Å². The summed E-state index contributed by atoms with van der Waals surface area (Å²) in [5.74, 6) is 0. The van der Waals surface area contributed by atoms with Crippen LogP contribution in [0.25, 0.3) is 0 Å². The Kier molecular flexibility index (Phi) is 4.13. The average molecular weight is 321 g/mol. The zero-order chi connectivity index (χ0) is 16.0. The van der Waals surface area contributed by atoms with E-state index in [2.05, 4.69) is 17.0 Å². The van der Waals surface area contributed by atoms with E-state index < -0.39 is 6.48 Å². The first kappa shape index (κ1) is 15.5. The number of nitrogens with zero attached hydrogens (tertiary/aromatic N) is 1. The molecule has 126 valence electrons. The second kappa shape index (κ2) is 6.12. The molecule has 4 unspecified atom stereocenters. The Balaban J connectivity index is 1.56. The van der Waals surface area contributed by atoms with Gasteiger partial charge in [-0.1, -0.05) is 30.3 Å². The molecule has 3 aliphatic heterocycles. The fourth-order valence-electron chi connectivity index (χ4n) is 3.90. The minimum atomic E-state index is -0.603. The Bertz CT molecular complexity index is 539. The molecule has 0 aromatic heterocycles. The summed E-state index contributed by atoms with van der Waals surface area (Å²) in [5, 5.41) is 0. The minimum absolute atomic E-state index is 0.0610. The lowest BCUT2D eigenvalue weighted by Crippen LogP contribution is -2.78. The third-order valence-electron chi connectivity index (χ3n) is 4.93. The topological polar surface area (TPSA) is 49.4 Å². The van der Waals surface area contributed by atoms with E-state index in [1.807, 2.05) is 32.3 Å². The summed E-state index contributed by atoms with van der Waals surface area (Å²) in [6, 6.07) is 10.2. The molecule has 0 N–H and O–H groups in total. The molecule has 1 aromatic rings. The van der Waals surface area contributed by atoms with Crippen LogP contribution in [-0.4, -0.2) is 69.1 Å². The second-order valence-corrected chi connectivity index (χ2v) is 6.51. The molecule has 6 nitrogen and oxygen atoms in total. The summed E-state index contributed by atoms with van der Waals surface area (Å²) in [4.78, 5) is 2.12. The van der Waals surface area contributed by atoms with Crippen LogP contribution >= 0.6 is 0 Å². The van der Waals surface area contributed by atoms with Crippen molar-refractivity contribution in [3.63, 3.8) is 0 Å². The molecule has 3 saturated heterocycles. The number of hydrogen-bond donors (Lipinski definition) is 0. The molecule has 6 heteroatoms. The van der Waals surface area contributed by atoms with Gasteiger partial charge >= 0.3 is 0 Å². The van der Waals surface area contributed by atoms with Gasteiger partial charge < -0.3 is 28.6 Å². The smallest absolute Gasteiger partial charge is 0.272 e. The van der Waals surface area contributed by atoms with Gasteiger partial charge in [0.1, 0.15) is 30.5 Å². The maximum Gasteiger partial charge on any atom is 0.272 e. The molecule has 1 aromatic carbocycles. The maximum atomic E-state index is 6.21. The Labute approximate surface area is 136 Å². The van der Waals surface area contributed by atoms with Crippen LogP contribution in [0.5, 0.6) is 0 Å². The zero-order valence-electron chi connectivity index (χ0n) is 13.6. The van der Waals surface area contributed by atoms with Crippen molar-refractivity contribution in [1.82, 2.24) is 4.90 Å². The molecule has 4 bridgehead atoms. The monoisotopic (exact) mass is 321 g/mol. The molecule has 0 amide bonds. The SMILES string of the molecule is CO[C@H]1C2OC3OC([C@@H]2OCc2ccccc2)[C@@H](N(C)C)C1O3. The number of ether oxygens (including phenoxy) is 5. The van der Waals surface area contributed by atoms with Gasteiger partial charge in [-0.2, -0.15) is 0 Å². The van der Waals surface area contributed by atoms with E-state index in [-0.39, 0.29) is 36.6 Å². The lowest BCUT2D eigenvalue weighted by atomic mass is 9.80. The predicted octanol–water partition coefficient (Wildman–Crippen LogP) is 0.997. The molecule has 5 rings (SSSR count). The van der Waals surface area contributed by atoms with Gasteiger partial charge in [0.25, 0.3) is 6.48 Å². The van der Waals surface area contributed by atoms with Gasteiger partial charge in [0.2, 0.25) is 0 Å². The van der Waals surface area contributed by atoms with Crippen LogP contribution < -0.4 is 0 Å². The molecule has 7 atom stereocenters. The number of rotatable bonds is 5. The largest absolute Gasteiger partial charge is 0.376 e. The quantitative estimate of drug-likeness (QED) is 0.806. The van der Waals surface area contributed by atoms with Gasteiger partial charge in [0.15, 0.2) is 0 Å². The number of benzene rings is 1. The predicted molar refractivity (Wildman–Crippen MR) is 81.7 cm³/mol. The van der Waals surface area contributed by atoms with Crippen molar-refractivity contribution in [3.05, 3.63) is 35.9 Å². The normalized spacial score (nSPS) is 41.7. The first-order valence-corrected chi connectivity index (χ1v) is 8.00. The summed E-state index contributed by atoms with van der Waals surface area (Å²) in [6.07, 6.45) is -0.636. The van der Waals surface area contributed by atoms with Crippen molar-refractivity contribution in [3.8, 4) is 0 Å². The average Bonchev–Trinajstić information content (AvgIpc) is 2.55. The van der Waals surface area contributed by atoms with E-state index >= 15 is 0 Å². The highest BCUT2D eigenvalue weighted by Gasteiger charge is 2.63. The van der Waals surface area contributed by atoms with E-state index in [4.69, 9.17) is 23.7 Å². The molecule has 4 aliphatic rings. The Morgan fingerprint density at radius 1 is 0.957 bits per heavy atom. The lowest BCUT2D eigenvalue weighted by molar-refractivity contribution is -0.478. The molecule has 1 aliphatic carbocycles. The van der Waals surface area contributed by atoms with Crippen molar-refractivity contribution in [2.24, 2.45) is 0 Å². The van der Waals surface area contributed by atoms with E-state index in [0.29, 0.717) is 6.61 Å². The summed E-state index contributed by atoms with van der Waals surface area (Å²) in [7, 11) is 5.75. The Morgan fingerprint density at radius 3 is 2.26 bits per heavy atom. The lowest BCUT2D eigenvalue weighted by Gasteiger charge is -2.60. The molecule has 4 fully saturated rings. The molecule has 1 saturated carbocycles. The first-order chi connectivity index (χ1) is 11.2. The van der Waals surface area contributed by atoms with Gasteiger partial charge in [-0.15, -0.1) is 0 Å². The number of hydrogen-bond acceptors (Lipinski definition) is 6. The van der Waals surface area contributed by atoms with Crippen LogP contribution in [0.2, 0.25) is 0 Å². The second-order valence-electron chi connectivity index (χ2n) is 6.51. The molecule has 0 radical (unpaired) electrons. The molecular formula is C17H23NO5. The highest BCUT2D eigenvalue weighted by Crippen LogP contribution is 2.43. The van der Waals surface area contributed by atoms with Crippen molar-refractivity contribution >= 4 is 0 Å². The van der Waals surface area contributed by atoms with Gasteiger partial charge in [-0.3, -0.25) is 0 Å². The van der Waals surface area contributed by atoms with Crippen LogP contribution in [0.1, 0.15) is 5.56 Å². The molecule has 0 spiro atoms. The van der Waals surface area contributed by atoms with Crippen molar-refractivity contribution in [1.29, 1.82) is 0 Å². The van der Waals surface area contributed by atoms with Crippen LogP contribution in [0.4, 0.5) is 0 Å². The molecule has 23 heavy (non-hydrogen) atoms. The number of methoxy groups -OCH3 is 1. The van der Waals surface area contributed by atoms with Crippen molar-refractivity contribution in [2.75, 3.05) is 21.2 Å². The van der Waals surface area contributed by atoms with Crippen LogP contribution in [0, 0.1) is 0 Å². The highest BCUT2D eigenvalue weighted by molar-refractivity contribution is 5.14. The van der Waals surface area contributed by atoms with Crippen molar-refractivity contribution < 1.29 is 23.7 Å². The summed E-state index contributed by atoms with van der Waals surface area (Å²) < 4.78 is 29.5. The van der Waals surface area contributed by atoms with E-state index in [1.165, 1.54) is 0 Å². The van der Waals surface area contributed by atoms with Gasteiger partial charge in [-0.05, 0) is 19.7 Å². The minimum Gasteiger partial charge on any atom is -0.376 e. The fraction of sp³-hybridized carbons (Fsp3) is 0.647. The Morgan fingerprint density at radius 2 is 1.61 bits per heavy atom. The third kappa shape index (κ3) is 2.59. The highest BCUT2D eigenvalue weighted by atomic mass is 16.9. The van der Waals surface area contributed by atoms with E-state index in [9.17, 15) is 0 Å². The Hall–Kier alpha value is -1.02. The number of likely N-dealkylation sites (N-methyl/N-ethyl adjacent to an activating group) is 1. The van der Waals surface area contributed by atoms with Gasteiger partial charge in [0, 0.05) is 7.11 Å². The summed E-state index contributed by atoms with van der Waals surface area (Å²) >= 11 is 0. The van der Waals surface area contributed by atoms with Crippen molar-refractivity contribution in [2.45, 2.75) is 49.6 Å². The fourth-order valence-corrected chi connectivity index (χ4v) is 3.90. The third-order valence-corrected chi connectivity index (χ3v) is 4.93. The zero-order valence-corrected chi connectivity index (χ0v) is 13.6. The summed E-state index contributed by atoms with van der Waals surface area (Å²) in [6.45, 7) is -0.0768. The molecule has 3 heterocycles. The summed E-state index contributed by atoms with van der Waals surface area (Å²) in [5.41, 5.74) is 1.13. The van der Waals surface area contributed by atoms with E-state index in [0.717, 1.165) is 5.56 Å². The standard InChI is InChI=1S/C17H23NO5/c1-18(2)11-12-14(19-3)16-15(13(11)22-17(21-12)23-16)20-9-10-7-5-4-6-8-10/h4-8,11-17H,9H2,1-3H3/t11-,12?,13?,14+,15-,16?,17?/m0/s1. The first-order valence-electron chi connectivity index (χ1n) is 8.00. The van der Waals surface area contributed by atoms with Crippen LogP contribution in [-0.2, 0) is 30.3 Å². The van der Waals surface area contributed by atoms with Crippen LogP contribution in [0.15, 0.2) is 30.3 Å². The maximum absolute atomic E-state index is 6.21. The van der Waals surface area contributed by atoms with Gasteiger partial charge in [-0.25, -0.2) is 0 Å². The molecular weight excluding hydrogens is 298 g/mol. The van der Waals surface area contributed by atoms with Gasteiger partial charge in [0.05, 0.1) is 12.6 Å². The van der Waals surface area contributed by atoms with E-state index in [1.54, 1.807) is 7.11 Å².